The number of carbonyl (C=O) groups is 1. The van der Waals surface area contributed by atoms with Crippen LogP contribution in [0.3, 0.4) is 0 Å². The van der Waals surface area contributed by atoms with Crippen LogP contribution in [0.25, 0.3) is 0 Å². The summed E-state index contributed by atoms with van der Waals surface area (Å²) in [5.41, 5.74) is 3.09. The number of rotatable bonds is 7. The molecule has 0 radical (unpaired) electrons. The Kier molecular flexibility index (Phi) is 6.49. The summed E-state index contributed by atoms with van der Waals surface area (Å²) in [6, 6.07) is 17.9. The largest absolute Gasteiger partial charge is 0.380 e. The van der Waals surface area contributed by atoms with Crippen molar-refractivity contribution in [3.05, 3.63) is 65.7 Å². The summed E-state index contributed by atoms with van der Waals surface area (Å²) in [6.45, 7) is 2.48. The number of amides is 1. The number of hydrogen-bond acceptors (Lipinski definition) is 3. The van der Waals surface area contributed by atoms with Crippen LogP contribution in [0.5, 0.6) is 0 Å². The number of ether oxygens (including phenoxy) is 1. The van der Waals surface area contributed by atoms with Crippen molar-refractivity contribution in [3.63, 3.8) is 0 Å². The van der Waals surface area contributed by atoms with Crippen LogP contribution in [-0.4, -0.2) is 18.3 Å². The molecule has 4 heteroatoms. The van der Waals surface area contributed by atoms with E-state index in [0.717, 1.165) is 17.0 Å². The highest BCUT2D eigenvalue weighted by Gasteiger charge is 2.13. The molecule has 2 aromatic carbocycles. The maximum Gasteiger partial charge on any atom is 0.237 e. The van der Waals surface area contributed by atoms with Crippen molar-refractivity contribution >= 4 is 23.4 Å². The van der Waals surface area contributed by atoms with Crippen LogP contribution in [0.2, 0.25) is 0 Å². The predicted octanol–water partition coefficient (Wildman–Crippen LogP) is 4.09. The smallest absolute Gasteiger partial charge is 0.237 e. The topological polar surface area (TPSA) is 38.3 Å². The Labute approximate surface area is 136 Å². The number of benzene rings is 2. The van der Waals surface area contributed by atoms with Gasteiger partial charge in [0, 0.05) is 18.6 Å². The molecule has 0 unspecified atom stereocenters. The first kappa shape index (κ1) is 16.6. The van der Waals surface area contributed by atoms with E-state index in [1.54, 1.807) is 18.9 Å². The van der Waals surface area contributed by atoms with Crippen LogP contribution in [-0.2, 0) is 21.9 Å². The lowest BCUT2D eigenvalue weighted by molar-refractivity contribution is -0.115. The fourth-order valence-electron chi connectivity index (χ4n) is 2.02. The number of methoxy groups -OCH3 is 1. The molecule has 22 heavy (non-hydrogen) atoms. The minimum atomic E-state index is -0.105. The molecule has 3 nitrogen and oxygen atoms in total. The molecule has 0 spiro atoms. The van der Waals surface area contributed by atoms with Crippen LogP contribution in [0, 0.1) is 0 Å². The highest BCUT2D eigenvalue weighted by Crippen LogP contribution is 2.19. The lowest BCUT2D eigenvalue weighted by Gasteiger charge is -2.13. The molecule has 0 fully saturated rings. The second kappa shape index (κ2) is 8.61. The SMILES string of the molecule is COCc1cccc(NC(=O)[C@H](C)SCc2ccccc2)c1. The van der Waals surface area contributed by atoms with Crippen molar-refractivity contribution in [2.45, 2.75) is 24.5 Å². The van der Waals surface area contributed by atoms with E-state index in [1.807, 2.05) is 49.4 Å². The van der Waals surface area contributed by atoms with Crippen molar-refractivity contribution in [1.29, 1.82) is 0 Å². The maximum absolute atomic E-state index is 12.2. The van der Waals surface area contributed by atoms with E-state index in [-0.39, 0.29) is 11.2 Å². The van der Waals surface area contributed by atoms with Gasteiger partial charge in [-0.1, -0.05) is 42.5 Å². The molecule has 1 amide bonds. The first-order valence-electron chi connectivity index (χ1n) is 7.23. The van der Waals surface area contributed by atoms with E-state index in [0.29, 0.717) is 6.61 Å². The van der Waals surface area contributed by atoms with E-state index in [4.69, 9.17) is 4.74 Å². The molecular weight excluding hydrogens is 294 g/mol. The Balaban J connectivity index is 1.87. The van der Waals surface area contributed by atoms with Crippen molar-refractivity contribution < 1.29 is 9.53 Å². The quantitative estimate of drug-likeness (QED) is 0.836. The molecule has 1 N–H and O–H groups in total. The third-order valence-corrected chi connectivity index (χ3v) is 4.43. The van der Waals surface area contributed by atoms with Gasteiger partial charge in [-0.3, -0.25) is 4.79 Å². The number of thioether (sulfide) groups is 1. The van der Waals surface area contributed by atoms with E-state index in [9.17, 15) is 4.79 Å². The van der Waals surface area contributed by atoms with Crippen LogP contribution in [0.4, 0.5) is 5.69 Å². The van der Waals surface area contributed by atoms with Gasteiger partial charge in [0.25, 0.3) is 0 Å². The Morgan fingerprint density at radius 1 is 1.14 bits per heavy atom. The number of anilines is 1. The zero-order valence-corrected chi connectivity index (χ0v) is 13.7. The van der Waals surface area contributed by atoms with Crippen molar-refractivity contribution in [3.8, 4) is 0 Å². The molecule has 0 heterocycles. The summed E-state index contributed by atoms with van der Waals surface area (Å²) in [7, 11) is 1.66. The molecule has 0 aromatic heterocycles. The molecule has 0 saturated heterocycles. The van der Waals surface area contributed by atoms with Gasteiger partial charge in [-0.05, 0) is 30.2 Å². The average molecular weight is 315 g/mol. The van der Waals surface area contributed by atoms with Gasteiger partial charge in [0.05, 0.1) is 11.9 Å². The second-order valence-corrected chi connectivity index (χ2v) is 6.39. The van der Waals surface area contributed by atoms with Crippen LogP contribution in [0.1, 0.15) is 18.1 Å². The van der Waals surface area contributed by atoms with Crippen molar-refractivity contribution in [2.75, 3.05) is 12.4 Å². The molecule has 0 aliphatic rings. The van der Waals surface area contributed by atoms with Gasteiger partial charge in [0.2, 0.25) is 5.91 Å². The van der Waals surface area contributed by atoms with Crippen molar-refractivity contribution in [2.24, 2.45) is 0 Å². The highest BCUT2D eigenvalue weighted by molar-refractivity contribution is 7.99. The summed E-state index contributed by atoms with van der Waals surface area (Å²) in [5.74, 6) is 0.856. The summed E-state index contributed by atoms with van der Waals surface area (Å²) >= 11 is 1.63. The van der Waals surface area contributed by atoms with Gasteiger partial charge in [-0.15, -0.1) is 11.8 Å². The Bertz CT molecular complexity index is 601. The predicted molar refractivity (Wildman–Crippen MR) is 93.0 cm³/mol. The molecule has 116 valence electrons. The van der Waals surface area contributed by atoms with E-state index < -0.39 is 0 Å². The lowest BCUT2D eigenvalue weighted by Crippen LogP contribution is -2.22. The molecular formula is C18H21NO2S. The van der Waals surface area contributed by atoms with Crippen LogP contribution >= 0.6 is 11.8 Å². The Hall–Kier alpha value is -1.78. The highest BCUT2D eigenvalue weighted by atomic mass is 32.2. The third-order valence-electron chi connectivity index (χ3n) is 3.22. The number of nitrogens with one attached hydrogen (secondary N) is 1. The molecule has 0 aliphatic heterocycles. The first-order valence-corrected chi connectivity index (χ1v) is 8.28. The second-order valence-electron chi connectivity index (χ2n) is 5.06. The zero-order valence-electron chi connectivity index (χ0n) is 12.9. The molecule has 0 saturated carbocycles. The fourth-order valence-corrected chi connectivity index (χ4v) is 2.87. The molecule has 0 aliphatic carbocycles. The summed E-state index contributed by atoms with van der Waals surface area (Å²) in [6.07, 6.45) is 0. The van der Waals surface area contributed by atoms with Gasteiger partial charge in [-0.25, -0.2) is 0 Å². The molecule has 1 atom stereocenters. The minimum Gasteiger partial charge on any atom is -0.380 e. The Morgan fingerprint density at radius 2 is 1.86 bits per heavy atom. The maximum atomic E-state index is 12.2. The molecule has 2 aromatic rings. The average Bonchev–Trinajstić information content (AvgIpc) is 2.54. The number of carbonyl (C=O) groups excluding carboxylic acids is 1. The lowest BCUT2D eigenvalue weighted by atomic mass is 10.2. The first-order chi connectivity index (χ1) is 10.7. The van der Waals surface area contributed by atoms with E-state index in [2.05, 4.69) is 17.4 Å². The zero-order chi connectivity index (χ0) is 15.8. The van der Waals surface area contributed by atoms with Gasteiger partial charge < -0.3 is 10.1 Å². The van der Waals surface area contributed by atoms with Gasteiger partial charge in [-0.2, -0.15) is 0 Å². The van der Waals surface area contributed by atoms with E-state index >= 15 is 0 Å². The normalized spacial score (nSPS) is 11.9. The molecule has 2 rings (SSSR count). The monoisotopic (exact) mass is 315 g/mol. The Morgan fingerprint density at radius 3 is 2.59 bits per heavy atom. The van der Waals surface area contributed by atoms with Crippen LogP contribution < -0.4 is 5.32 Å². The van der Waals surface area contributed by atoms with Gasteiger partial charge in [0.1, 0.15) is 0 Å². The number of hydrogen-bond donors (Lipinski definition) is 1. The minimum absolute atomic E-state index is 0.0236. The standard InChI is InChI=1S/C18H21NO2S/c1-14(22-13-15-7-4-3-5-8-15)18(20)19-17-10-6-9-16(11-17)12-21-2/h3-11,14H,12-13H2,1-2H3,(H,19,20)/t14-/m0/s1. The summed E-state index contributed by atoms with van der Waals surface area (Å²) in [5, 5.41) is 2.86. The summed E-state index contributed by atoms with van der Waals surface area (Å²) < 4.78 is 5.11. The molecule has 0 bridgehead atoms. The third kappa shape index (κ3) is 5.20. The van der Waals surface area contributed by atoms with Crippen molar-refractivity contribution in [1.82, 2.24) is 0 Å². The fraction of sp³-hybridized carbons (Fsp3) is 0.278. The summed E-state index contributed by atoms with van der Waals surface area (Å²) in [4.78, 5) is 12.2. The van der Waals surface area contributed by atoms with Gasteiger partial charge >= 0.3 is 0 Å². The van der Waals surface area contributed by atoms with Gasteiger partial charge in [0.15, 0.2) is 0 Å². The van der Waals surface area contributed by atoms with E-state index in [1.165, 1.54) is 5.56 Å². The van der Waals surface area contributed by atoms with Crippen LogP contribution in [0.15, 0.2) is 54.6 Å².